The molecule has 2 heterocycles. The Bertz CT molecular complexity index is 883. The molecular formula is C16H13NO3S3. The van der Waals surface area contributed by atoms with Crippen LogP contribution in [0.2, 0.25) is 0 Å². The summed E-state index contributed by atoms with van der Waals surface area (Å²) in [6.07, 6.45) is 1.93. The van der Waals surface area contributed by atoms with Crippen molar-refractivity contribution in [2.45, 2.75) is 11.1 Å². The first-order chi connectivity index (χ1) is 11.0. The Hall–Kier alpha value is -1.83. The molecule has 118 valence electrons. The van der Waals surface area contributed by atoms with Crippen LogP contribution < -0.4 is 0 Å². The molecule has 0 fully saturated rings. The summed E-state index contributed by atoms with van der Waals surface area (Å²) in [6, 6.07) is 6.94. The average molecular weight is 363 g/mol. The predicted molar refractivity (Wildman–Crippen MR) is 96.0 cm³/mol. The summed E-state index contributed by atoms with van der Waals surface area (Å²) in [7, 11) is 0. The quantitative estimate of drug-likeness (QED) is 0.640. The second-order valence-corrected chi connectivity index (χ2v) is 7.77. The van der Waals surface area contributed by atoms with E-state index < -0.39 is 5.97 Å². The highest BCUT2D eigenvalue weighted by Crippen LogP contribution is 2.43. The lowest BCUT2D eigenvalue weighted by Gasteiger charge is -2.00. The second kappa shape index (κ2) is 6.35. The number of thiazole rings is 1. The summed E-state index contributed by atoms with van der Waals surface area (Å²) in [5, 5.41) is 21.6. The number of phenols is 1. The molecule has 0 aliphatic rings. The van der Waals surface area contributed by atoms with Crippen molar-refractivity contribution in [1.82, 2.24) is 4.98 Å². The third-order valence-electron chi connectivity index (χ3n) is 3.35. The minimum absolute atomic E-state index is 0.196. The van der Waals surface area contributed by atoms with Crippen molar-refractivity contribution in [3.05, 3.63) is 40.1 Å². The molecular weight excluding hydrogens is 350 g/mol. The number of hydrogen-bond acceptors (Lipinski definition) is 6. The van der Waals surface area contributed by atoms with Gasteiger partial charge in [0, 0.05) is 16.5 Å². The number of nitrogens with zero attached hydrogens (tertiary/aromatic N) is 1. The van der Waals surface area contributed by atoms with E-state index in [-0.39, 0.29) is 5.75 Å². The standard InChI is InChI=1S/C16H13NO3S3/c1-8-12(16(21-2)23-13(8)15(19)20)14-17-11(7-22-14)9-4-3-5-10(18)6-9/h3-7,18H,1-2H3,(H,19,20). The third kappa shape index (κ3) is 2.99. The van der Waals surface area contributed by atoms with Crippen LogP contribution >= 0.6 is 34.4 Å². The zero-order valence-corrected chi connectivity index (χ0v) is 14.8. The topological polar surface area (TPSA) is 70.4 Å². The lowest BCUT2D eigenvalue weighted by molar-refractivity contribution is 0.0701. The van der Waals surface area contributed by atoms with Gasteiger partial charge >= 0.3 is 5.97 Å². The second-order valence-electron chi connectivity index (χ2n) is 4.82. The van der Waals surface area contributed by atoms with E-state index in [9.17, 15) is 15.0 Å². The summed E-state index contributed by atoms with van der Waals surface area (Å²) < 4.78 is 0.955. The van der Waals surface area contributed by atoms with Crippen LogP contribution in [0.4, 0.5) is 0 Å². The monoisotopic (exact) mass is 363 g/mol. The van der Waals surface area contributed by atoms with Gasteiger partial charge in [0.05, 0.1) is 9.90 Å². The summed E-state index contributed by atoms with van der Waals surface area (Å²) in [5.74, 6) is -0.708. The Morgan fingerprint density at radius 1 is 1.35 bits per heavy atom. The molecule has 2 N–H and O–H groups in total. The minimum Gasteiger partial charge on any atom is -0.508 e. The van der Waals surface area contributed by atoms with Gasteiger partial charge in [-0.2, -0.15) is 0 Å². The van der Waals surface area contributed by atoms with Crippen LogP contribution in [-0.4, -0.2) is 27.4 Å². The van der Waals surface area contributed by atoms with E-state index in [1.54, 1.807) is 18.2 Å². The van der Waals surface area contributed by atoms with Gasteiger partial charge in [-0.05, 0) is 30.9 Å². The third-order valence-corrected chi connectivity index (χ3v) is 6.61. The molecule has 1 aromatic carbocycles. The zero-order chi connectivity index (χ0) is 16.6. The van der Waals surface area contributed by atoms with Crippen LogP contribution in [0.5, 0.6) is 5.75 Å². The number of hydrogen-bond donors (Lipinski definition) is 2. The van der Waals surface area contributed by atoms with Gasteiger partial charge in [0.1, 0.15) is 15.6 Å². The largest absolute Gasteiger partial charge is 0.508 e. The van der Waals surface area contributed by atoms with Gasteiger partial charge in [-0.1, -0.05) is 12.1 Å². The average Bonchev–Trinajstić information content (AvgIpc) is 3.11. The number of aromatic hydroxyl groups is 1. The van der Waals surface area contributed by atoms with Crippen LogP contribution in [-0.2, 0) is 0 Å². The number of phenolic OH excluding ortho intramolecular Hbond substituents is 1. The number of benzene rings is 1. The van der Waals surface area contributed by atoms with E-state index in [1.807, 2.05) is 24.6 Å². The molecule has 0 saturated heterocycles. The molecule has 7 heteroatoms. The number of carboxylic acids is 1. The van der Waals surface area contributed by atoms with Gasteiger partial charge in [0.15, 0.2) is 0 Å². The van der Waals surface area contributed by atoms with E-state index in [0.29, 0.717) is 4.88 Å². The first kappa shape index (κ1) is 16.0. The molecule has 2 aromatic heterocycles. The zero-order valence-electron chi connectivity index (χ0n) is 12.4. The fourth-order valence-corrected chi connectivity index (χ4v) is 5.25. The number of rotatable bonds is 4. The van der Waals surface area contributed by atoms with Crippen LogP contribution in [0.3, 0.4) is 0 Å². The van der Waals surface area contributed by atoms with Crippen molar-refractivity contribution in [3.63, 3.8) is 0 Å². The highest BCUT2D eigenvalue weighted by Gasteiger charge is 2.22. The Kier molecular flexibility index (Phi) is 4.43. The minimum atomic E-state index is -0.904. The normalized spacial score (nSPS) is 10.9. The van der Waals surface area contributed by atoms with Gasteiger partial charge in [-0.25, -0.2) is 9.78 Å². The van der Waals surface area contributed by atoms with E-state index in [4.69, 9.17) is 0 Å². The van der Waals surface area contributed by atoms with E-state index >= 15 is 0 Å². The van der Waals surface area contributed by atoms with E-state index in [2.05, 4.69) is 4.98 Å². The fraction of sp³-hybridized carbons (Fsp3) is 0.125. The first-order valence-corrected chi connectivity index (χ1v) is 9.59. The Balaban J connectivity index is 2.09. The molecule has 23 heavy (non-hydrogen) atoms. The van der Waals surface area contributed by atoms with Gasteiger partial charge in [0.2, 0.25) is 0 Å². The van der Waals surface area contributed by atoms with Crippen molar-refractivity contribution in [2.75, 3.05) is 6.26 Å². The molecule has 0 saturated carbocycles. The van der Waals surface area contributed by atoms with Crippen LogP contribution in [0, 0.1) is 6.92 Å². The molecule has 3 aromatic rings. The van der Waals surface area contributed by atoms with Gasteiger partial charge in [-0.3, -0.25) is 0 Å². The highest BCUT2D eigenvalue weighted by atomic mass is 32.2. The highest BCUT2D eigenvalue weighted by molar-refractivity contribution is 8.00. The number of aromatic nitrogens is 1. The number of carbonyl (C=O) groups is 1. The maximum Gasteiger partial charge on any atom is 0.346 e. The van der Waals surface area contributed by atoms with Crippen LogP contribution in [0.15, 0.2) is 33.9 Å². The first-order valence-electron chi connectivity index (χ1n) is 6.67. The van der Waals surface area contributed by atoms with Gasteiger partial charge in [0.25, 0.3) is 0 Å². The van der Waals surface area contributed by atoms with E-state index in [0.717, 1.165) is 31.6 Å². The SMILES string of the molecule is CSc1sc(C(=O)O)c(C)c1-c1nc(-c2cccc(O)c2)cs1. The maximum atomic E-state index is 11.4. The summed E-state index contributed by atoms with van der Waals surface area (Å²) >= 11 is 4.30. The van der Waals surface area contributed by atoms with Crippen molar-refractivity contribution in [2.24, 2.45) is 0 Å². The predicted octanol–water partition coefficient (Wildman–Crippen LogP) is 4.97. The Labute approximate surface area is 145 Å². The summed E-state index contributed by atoms with van der Waals surface area (Å²) in [4.78, 5) is 16.4. The summed E-state index contributed by atoms with van der Waals surface area (Å²) in [6.45, 7) is 1.82. The molecule has 0 aliphatic heterocycles. The molecule has 0 unspecified atom stereocenters. The fourth-order valence-electron chi connectivity index (χ4n) is 2.27. The molecule has 0 aliphatic carbocycles. The Morgan fingerprint density at radius 3 is 2.78 bits per heavy atom. The van der Waals surface area contributed by atoms with Crippen molar-refractivity contribution < 1.29 is 15.0 Å². The van der Waals surface area contributed by atoms with Gasteiger partial charge < -0.3 is 10.2 Å². The molecule has 0 spiro atoms. The molecule has 0 radical (unpaired) electrons. The lowest BCUT2D eigenvalue weighted by Crippen LogP contribution is -1.94. The molecule has 0 amide bonds. The van der Waals surface area contributed by atoms with Crippen LogP contribution in [0.1, 0.15) is 15.2 Å². The van der Waals surface area contributed by atoms with E-state index in [1.165, 1.54) is 34.4 Å². The molecule has 4 nitrogen and oxygen atoms in total. The van der Waals surface area contributed by atoms with Crippen molar-refractivity contribution in [3.8, 4) is 27.6 Å². The summed E-state index contributed by atoms with van der Waals surface area (Å²) in [5.41, 5.74) is 3.26. The Morgan fingerprint density at radius 2 is 2.13 bits per heavy atom. The number of thioether (sulfide) groups is 1. The van der Waals surface area contributed by atoms with Crippen molar-refractivity contribution >= 4 is 40.4 Å². The van der Waals surface area contributed by atoms with Gasteiger partial charge in [-0.15, -0.1) is 34.4 Å². The molecule has 0 bridgehead atoms. The smallest absolute Gasteiger partial charge is 0.346 e. The lowest BCUT2D eigenvalue weighted by atomic mass is 10.1. The number of carboxylic acid groups (broad SMARTS) is 1. The maximum absolute atomic E-state index is 11.4. The molecule has 3 rings (SSSR count). The number of thiophene rings is 1. The molecule has 0 atom stereocenters. The van der Waals surface area contributed by atoms with Crippen LogP contribution in [0.25, 0.3) is 21.8 Å². The number of aromatic carboxylic acids is 1. The van der Waals surface area contributed by atoms with Crippen molar-refractivity contribution in [1.29, 1.82) is 0 Å².